The van der Waals surface area contributed by atoms with Crippen LogP contribution in [0, 0.1) is 13.8 Å². The van der Waals surface area contributed by atoms with Crippen LogP contribution in [-0.2, 0) is 14.4 Å². The van der Waals surface area contributed by atoms with Gasteiger partial charge in [0.05, 0.1) is 6.21 Å². The summed E-state index contributed by atoms with van der Waals surface area (Å²) in [5, 5.41) is 9.19. The van der Waals surface area contributed by atoms with E-state index < -0.39 is 11.8 Å². The first-order valence-electron chi connectivity index (χ1n) is 10.0. The molecule has 0 spiro atoms. The van der Waals surface area contributed by atoms with Crippen LogP contribution < -0.4 is 20.8 Å². The van der Waals surface area contributed by atoms with Crippen molar-refractivity contribution in [2.24, 2.45) is 5.10 Å². The second-order valence-electron chi connectivity index (χ2n) is 7.15. The van der Waals surface area contributed by atoms with Crippen molar-refractivity contribution in [1.29, 1.82) is 0 Å². The average molecular weight is 425 g/mol. The number of carbonyl (C=O) groups is 3. The molecule has 2 aromatic rings. The molecule has 0 radical (unpaired) electrons. The van der Waals surface area contributed by atoms with E-state index >= 15 is 0 Å². The zero-order valence-corrected chi connectivity index (χ0v) is 18.2. The van der Waals surface area contributed by atoms with E-state index in [2.05, 4.69) is 21.2 Å². The molecule has 0 aromatic heterocycles. The molecule has 164 valence electrons. The fourth-order valence-electron chi connectivity index (χ4n) is 2.59. The van der Waals surface area contributed by atoms with Crippen molar-refractivity contribution in [3.8, 4) is 5.75 Å². The van der Waals surface area contributed by atoms with E-state index in [0.717, 1.165) is 23.2 Å². The lowest BCUT2D eigenvalue weighted by Crippen LogP contribution is -2.41. The number of aryl methyl sites for hydroxylation is 2. The fourth-order valence-corrected chi connectivity index (χ4v) is 2.59. The number of nitrogens with one attached hydrogen (secondary N) is 3. The summed E-state index contributed by atoms with van der Waals surface area (Å²) in [6.07, 6.45) is 2.13. The summed E-state index contributed by atoms with van der Waals surface area (Å²) < 4.78 is 5.52. The highest BCUT2D eigenvalue weighted by Gasteiger charge is 2.14. The Bertz CT molecular complexity index is 934. The van der Waals surface area contributed by atoms with E-state index in [1.807, 2.05) is 45.9 Å². The number of hydrogen-bond acceptors (Lipinski definition) is 5. The third-order valence-electron chi connectivity index (χ3n) is 4.57. The van der Waals surface area contributed by atoms with Crippen LogP contribution in [0.2, 0.25) is 0 Å². The lowest BCUT2D eigenvalue weighted by atomic mass is 10.1. The third-order valence-corrected chi connectivity index (χ3v) is 4.57. The van der Waals surface area contributed by atoms with Crippen molar-refractivity contribution in [3.63, 3.8) is 0 Å². The lowest BCUT2D eigenvalue weighted by molar-refractivity contribution is -0.139. The van der Waals surface area contributed by atoms with Crippen molar-refractivity contribution in [1.82, 2.24) is 10.7 Å². The number of amides is 3. The maximum absolute atomic E-state index is 12.2. The second kappa shape index (κ2) is 11.5. The van der Waals surface area contributed by atoms with Gasteiger partial charge in [0.25, 0.3) is 5.91 Å². The molecule has 0 aliphatic carbocycles. The number of ether oxygens (including phenoxy) is 1. The van der Waals surface area contributed by atoms with Gasteiger partial charge in [-0.15, -0.1) is 0 Å². The lowest BCUT2D eigenvalue weighted by Gasteiger charge is -2.12. The van der Waals surface area contributed by atoms with Gasteiger partial charge in [-0.25, -0.2) is 5.43 Å². The maximum atomic E-state index is 12.2. The molecule has 31 heavy (non-hydrogen) atoms. The Labute approximate surface area is 182 Å². The Morgan fingerprint density at radius 2 is 1.68 bits per heavy atom. The SMILES string of the molecule is CC[C@@H](C)NC(=O)C(=O)N/N=C\c1ccc(OCC(=O)Nc2c(C)cccc2C)cc1. The van der Waals surface area contributed by atoms with Crippen LogP contribution in [0.25, 0.3) is 0 Å². The molecule has 0 aliphatic heterocycles. The molecule has 2 rings (SSSR count). The quantitative estimate of drug-likeness (QED) is 0.344. The average Bonchev–Trinajstić information content (AvgIpc) is 2.75. The van der Waals surface area contributed by atoms with Gasteiger partial charge < -0.3 is 15.4 Å². The van der Waals surface area contributed by atoms with E-state index in [9.17, 15) is 14.4 Å². The highest BCUT2D eigenvalue weighted by Crippen LogP contribution is 2.19. The topological polar surface area (TPSA) is 109 Å². The van der Waals surface area contributed by atoms with Gasteiger partial charge >= 0.3 is 11.8 Å². The molecule has 0 unspecified atom stereocenters. The minimum atomic E-state index is -0.827. The molecule has 0 fully saturated rings. The molecule has 0 saturated heterocycles. The monoisotopic (exact) mass is 424 g/mol. The van der Waals surface area contributed by atoms with E-state index in [4.69, 9.17) is 4.74 Å². The highest BCUT2D eigenvalue weighted by molar-refractivity contribution is 6.35. The summed E-state index contributed by atoms with van der Waals surface area (Å²) in [6.45, 7) is 7.47. The van der Waals surface area contributed by atoms with Gasteiger partial charge in [0, 0.05) is 11.7 Å². The Balaban J connectivity index is 1.81. The van der Waals surface area contributed by atoms with Crippen molar-refractivity contribution >= 4 is 29.6 Å². The standard InChI is InChI=1S/C23H28N4O4/c1-5-17(4)25-22(29)23(30)27-24-13-18-9-11-19(12-10-18)31-14-20(28)26-21-15(2)7-6-8-16(21)3/h6-13,17H,5,14H2,1-4H3,(H,25,29)(H,26,28)(H,27,30)/b24-13-/t17-/m1/s1. The molecule has 0 saturated carbocycles. The maximum Gasteiger partial charge on any atom is 0.329 e. The fraction of sp³-hybridized carbons (Fsp3) is 0.304. The van der Waals surface area contributed by atoms with Crippen LogP contribution in [0.15, 0.2) is 47.6 Å². The number of rotatable bonds is 8. The molecular formula is C23H28N4O4. The predicted molar refractivity (Wildman–Crippen MR) is 120 cm³/mol. The van der Waals surface area contributed by atoms with Crippen molar-refractivity contribution in [2.45, 2.75) is 40.2 Å². The number of nitrogens with zero attached hydrogens (tertiary/aromatic N) is 1. The number of hydrazone groups is 1. The van der Waals surface area contributed by atoms with Crippen LogP contribution in [0.4, 0.5) is 5.69 Å². The molecule has 0 bridgehead atoms. The summed E-state index contributed by atoms with van der Waals surface area (Å²) in [6, 6.07) is 12.5. The minimum absolute atomic E-state index is 0.0856. The van der Waals surface area contributed by atoms with E-state index in [-0.39, 0.29) is 18.6 Å². The van der Waals surface area contributed by atoms with Gasteiger partial charge in [-0.3, -0.25) is 14.4 Å². The molecule has 1 atom stereocenters. The first kappa shape index (κ1) is 23.6. The van der Waals surface area contributed by atoms with Crippen molar-refractivity contribution < 1.29 is 19.1 Å². The van der Waals surface area contributed by atoms with Gasteiger partial charge in [0.1, 0.15) is 5.75 Å². The van der Waals surface area contributed by atoms with Gasteiger partial charge in [-0.05, 0) is 68.1 Å². The number of anilines is 1. The zero-order valence-electron chi connectivity index (χ0n) is 18.2. The molecule has 8 heteroatoms. The number of para-hydroxylation sites is 1. The summed E-state index contributed by atoms with van der Waals surface area (Å²) in [4.78, 5) is 35.5. The first-order chi connectivity index (χ1) is 14.8. The minimum Gasteiger partial charge on any atom is -0.484 e. The smallest absolute Gasteiger partial charge is 0.329 e. The number of hydrogen-bond donors (Lipinski definition) is 3. The molecule has 8 nitrogen and oxygen atoms in total. The largest absolute Gasteiger partial charge is 0.484 e. The highest BCUT2D eigenvalue weighted by atomic mass is 16.5. The Hall–Kier alpha value is -3.68. The summed E-state index contributed by atoms with van der Waals surface area (Å²) in [7, 11) is 0. The van der Waals surface area contributed by atoms with Crippen LogP contribution in [-0.4, -0.2) is 36.6 Å². The summed E-state index contributed by atoms with van der Waals surface area (Å²) >= 11 is 0. The normalized spacial score (nSPS) is 11.6. The Morgan fingerprint density at radius 1 is 1.03 bits per heavy atom. The van der Waals surface area contributed by atoms with Gasteiger partial charge in [-0.1, -0.05) is 25.1 Å². The summed E-state index contributed by atoms with van der Waals surface area (Å²) in [5.74, 6) is -1.28. The third kappa shape index (κ3) is 7.58. The van der Waals surface area contributed by atoms with Gasteiger partial charge in [-0.2, -0.15) is 5.10 Å². The number of benzene rings is 2. The van der Waals surface area contributed by atoms with Crippen molar-refractivity contribution in [2.75, 3.05) is 11.9 Å². The second-order valence-corrected chi connectivity index (χ2v) is 7.15. The van der Waals surface area contributed by atoms with E-state index in [0.29, 0.717) is 11.3 Å². The molecular weight excluding hydrogens is 396 g/mol. The molecule has 3 N–H and O–H groups in total. The van der Waals surface area contributed by atoms with Gasteiger partial charge in [0.2, 0.25) is 0 Å². The van der Waals surface area contributed by atoms with E-state index in [1.165, 1.54) is 6.21 Å². The van der Waals surface area contributed by atoms with Crippen molar-refractivity contribution in [3.05, 3.63) is 59.2 Å². The summed E-state index contributed by atoms with van der Waals surface area (Å²) in [5.41, 5.74) is 5.64. The molecule has 0 heterocycles. The molecule has 0 aliphatic rings. The number of carbonyl (C=O) groups excluding carboxylic acids is 3. The molecule has 2 aromatic carbocycles. The van der Waals surface area contributed by atoms with Crippen LogP contribution >= 0.6 is 0 Å². The zero-order chi connectivity index (χ0) is 22.8. The van der Waals surface area contributed by atoms with E-state index in [1.54, 1.807) is 24.3 Å². The van der Waals surface area contributed by atoms with Crippen LogP contribution in [0.5, 0.6) is 5.75 Å². The Morgan fingerprint density at radius 3 is 2.29 bits per heavy atom. The predicted octanol–water partition coefficient (Wildman–Crippen LogP) is 2.69. The molecule has 3 amide bonds. The van der Waals surface area contributed by atoms with Crippen LogP contribution in [0.3, 0.4) is 0 Å². The first-order valence-corrected chi connectivity index (χ1v) is 10.0. The Kier molecular flexibility index (Phi) is 8.75. The van der Waals surface area contributed by atoms with Crippen LogP contribution in [0.1, 0.15) is 37.0 Å². The van der Waals surface area contributed by atoms with Gasteiger partial charge in [0.15, 0.2) is 6.61 Å².